The normalized spacial score (nSPS) is 16.1. The van der Waals surface area contributed by atoms with Crippen molar-refractivity contribution in [1.82, 2.24) is 5.32 Å². The van der Waals surface area contributed by atoms with Crippen molar-refractivity contribution in [2.24, 2.45) is 11.7 Å². The standard InChI is InChI=1S/C14H18N2O2/c1-9-4-2-3-5-11(9)8-12(13(15)17)16-14(18)10-6-7-10/h2-5,10,12H,6-8H2,1H3,(H2,15,17)(H,16,18)/t12-/m0/s1. The molecule has 0 heterocycles. The highest BCUT2D eigenvalue weighted by Crippen LogP contribution is 2.29. The molecule has 0 bridgehead atoms. The number of carbonyl (C=O) groups is 2. The van der Waals surface area contributed by atoms with Crippen LogP contribution >= 0.6 is 0 Å². The van der Waals surface area contributed by atoms with Crippen LogP contribution in [-0.2, 0) is 16.0 Å². The first-order valence-electron chi connectivity index (χ1n) is 6.22. The molecule has 0 aromatic heterocycles. The summed E-state index contributed by atoms with van der Waals surface area (Å²) in [6.45, 7) is 1.98. The second kappa shape index (κ2) is 5.21. The average Bonchev–Trinajstić information content (AvgIpc) is 3.14. The molecule has 0 radical (unpaired) electrons. The molecular formula is C14H18N2O2. The molecule has 4 nitrogen and oxygen atoms in total. The smallest absolute Gasteiger partial charge is 0.240 e. The van der Waals surface area contributed by atoms with Crippen LogP contribution < -0.4 is 11.1 Å². The number of carbonyl (C=O) groups excluding carboxylic acids is 2. The topological polar surface area (TPSA) is 72.2 Å². The lowest BCUT2D eigenvalue weighted by Gasteiger charge is -2.16. The monoisotopic (exact) mass is 246 g/mol. The molecule has 2 rings (SSSR count). The van der Waals surface area contributed by atoms with Gasteiger partial charge in [-0.2, -0.15) is 0 Å². The maximum atomic E-state index is 11.7. The summed E-state index contributed by atoms with van der Waals surface area (Å²) >= 11 is 0. The van der Waals surface area contributed by atoms with Crippen LogP contribution in [0.4, 0.5) is 0 Å². The number of benzene rings is 1. The summed E-state index contributed by atoms with van der Waals surface area (Å²) < 4.78 is 0. The molecule has 0 spiro atoms. The van der Waals surface area contributed by atoms with Crippen LogP contribution in [0.1, 0.15) is 24.0 Å². The van der Waals surface area contributed by atoms with Gasteiger partial charge in [-0.15, -0.1) is 0 Å². The van der Waals surface area contributed by atoms with Crippen molar-refractivity contribution >= 4 is 11.8 Å². The van der Waals surface area contributed by atoms with Gasteiger partial charge in [-0.05, 0) is 30.9 Å². The molecule has 0 aliphatic heterocycles. The second-order valence-corrected chi connectivity index (χ2v) is 4.87. The zero-order chi connectivity index (χ0) is 13.1. The Balaban J connectivity index is 2.04. The minimum absolute atomic E-state index is 0.0487. The maximum Gasteiger partial charge on any atom is 0.240 e. The summed E-state index contributed by atoms with van der Waals surface area (Å²) in [6.07, 6.45) is 2.30. The number of rotatable bonds is 5. The van der Waals surface area contributed by atoms with Gasteiger partial charge in [-0.25, -0.2) is 0 Å². The van der Waals surface area contributed by atoms with Gasteiger partial charge in [0.2, 0.25) is 11.8 Å². The van der Waals surface area contributed by atoms with E-state index in [9.17, 15) is 9.59 Å². The van der Waals surface area contributed by atoms with Crippen molar-refractivity contribution in [2.75, 3.05) is 0 Å². The first-order chi connectivity index (χ1) is 8.58. The third kappa shape index (κ3) is 3.09. The fourth-order valence-electron chi connectivity index (χ4n) is 1.92. The number of hydrogen-bond acceptors (Lipinski definition) is 2. The van der Waals surface area contributed by atoms with E-state index in [1.54, 1.807) is 0 Å². The summed E-state index contributed by atoms with van der Waals surface area (Å²) in [4.78, 5) is 23.1. The van der Waals surface area contributed by atoms with E-state index in [1.165, 1.54) is 0 Å². The van der Waals surface area contributed by atoms with Crippen LogP contribution in [0.15, 0.2) is 24.3 Å². The molecule has 18 heavy (non-hydrogen) atoms. The van der Waals surface area contributed by atoms with Crippen molar-refractivity contribution in [3.05, 3.63) is 35.4 Å². The summed E-state index contributed by atoms with van der Waals surface area (Å²) in [5.74, 6) is -0.441. The Hall–Kier alpha value is -1.84. The second-order valence-electron chi connectivity index (χ2n) is 4.87. The van der Waals surface area contributed by atoms with Crippen LogP contribution in [0.25, 0.3) is 0 Å². The van der Waals surface area contributed by atoms with E-state index >= 15 is 0 Å². The number of nitrogens with two attached hydrogens (primary N) is 1. The van der Waals surface area contributed by atoms with Crippen molar-refractivity contribution in [1.29, 1.82) is 0 Å². The number of primary amides is 1. The fraction of sp³-hybridized carbons (Fsp3) is 0.429. The van der Waals surface area contributed by atoms with E-state index in [0.29, 0.717) is 6.42 Å². The Morgan fingerprint density at radius 3 is 2.61 bits per heavy atom. The van der Waals surface area contributed by atoms with Crippen molar-refractivity contribution in [3.8, 4) is 0 Å². The van der Waals surface area contributed by atoms with E-state index in [-0.39, 0.29) is 11.8 Å². The molecule has 1 aliphatic carbocycles. The zero-order valence-electron chi connectivity index (χ0n) is 10.5. The first-order valence-corrected chi connectivity index (χ1v) is 6.22. The molecule has 0 saturated heterocycles. The van der Waals surface area contributed by atoms with E-state index < -0.39 is 11.9 Å². The van der Waals surface area contributed by atoms with Gasteiger partial charge >= 0.3 is 0 Å². The molecule has 1 atom stereocenters. The van der Waals surface area contributed by atoms with E-state index in [1.807, 2.05) is 31.2 Å². The first kappa shape index (κ1) is 12.6. The quantitative estimate of drug-likeness (QED) is 0.810. The third-order valence-electron chi connectivity index (χ3n) is 3.29. The van der Waals surface area contributed by atoms with Crippen LogP contribution in [0.2, 0.25) is 0 Å². The van der Waals surface area contributed by atoms with Gasteiger partial charge in [0.25, 0.3) is 0 Å². The minimum atomic E-state index is -0.612. The Kier molecular flexibility index (Phi) is 3.65. The predicted octanol–water partition coefficient (Wildman–Crippen LogP) is 0.918. The molecular weight excluding hydrogens is 228 g/mol. The molecule has 1 aromatic rings. The van der Waals surface area contributed by atoms with Crippen LogP contribution in [0.3, 0.4) is 0 Å². The largest absolute Gasteiger partial charge is 0.368 e. The summed E-state index contributed by atoms with van der Waals surface area (Å²) in [7, 11) is 0. The number of amides is 2. The predicted molar refractivity (Wildman–Crippen MR) is 68.7 cm³/mol. The molecule has 1 aliphatic rings. The minimum Gasteiger partial charge on any atom is -0.368 e. The lowest BCUT2D eigenvalue weighted by molar-refractivity contribution is -0.128. The number of hydrogen-bond donors (Lipinski definition) is 2. The third-order valence-corrected chi connectivity index (χ3v) is 3.29. The molecule has 96 valence electrons. The van der Waals surface area contributed by atoms with Crippen molar-refractivity contribution in [3.63, 3.8) is 0 Å². The number of nitrogens with one attached hydrogen (secondary N) is 1. The zero-order valence-corrected chi connectivity index (χ0v) is 10.5. The molecule has 4 heteroatoms. The van der Waals surface area contributed by atoms with E-state index in [2.05, 4.69) is 5.32 Å². The fourth-order valence-corrected chi connectivity index (χ4v) is 1.92. The van der Waals surface area contributed by atoms with Gasteiger partial charge in [0.1, 0.15) is 6.04 Å². The van der Waals surface area contributed by atoms with Gasteiger partial charge in [-0.3, -0.25) is 9.59 Å². The molecule has 3 N–H and O–H groups in total. The Labute approximate surface area is 107 Å². The summed E-state index contributed by atoms with van der Waals surface area (Å²) in [5, 5.41) is 2.74. The average molecular weight is 246 g/mol. The molecule has 1 fully saturated rings. The van der Waals surface area contributed by atoms with Gasteiger partial charge < -0.3 is 11.1 Å². The highest BCUT2D eigenvalue weighted by molar-refractivity contribution is 5.88. The Morgan fingerprint density at radius 2 is 2.06 bits per heavy atom. The Bertz CT molecular complexity index is 467. The SMILES string of the molecule is Cc1ccccc1C[C@H](NC(=O)C1CC1)C(N)=O. The van der Waals surface area contributed by atoms with Crippen molar-refractivity contribution < 1.29 is 9.59 Å². The van der Waals surface area contributed by atoms with Gasteiger partial charge in [0, 0.05) is 12.3 Å². The Morgan fingerprint density at radius 1 is 1.39 bits per heavy atom. The van der Waals surface area contributed by atoms with Gasteiger partial charge in [0.15, 0.2) is 0 Å². The molecule has 2 amide bonds. The summed E-state index contributed by atoms with van der Waals surface area (Å²) in [6, 6.07) is 7.19. The lowest BCUT2D eigenvalue weighted by atomic mass is 10.0. The molecule has 0 unspecified atom stereocenters. The number of aryl methyl sites for hydroxylation is 1. The van der Waals surface area contributed by atoms with Crippen molar-refractivity contribution in [2.45, 2.75) is 32.2 Å². The van der Waals surface area contributed by atoms with Crippen LogP contribution in [0, 0.1) is 12.8 Å². The summed E-state index contributed by atoms with van der Waals surface area (Å²) in [5.41, 5.74) is 7.49. The van der Waals surface area contributed by atoms with Crippen LogP contribution in [-0.4, -0.2) is 17.9 Å². The molecule has 1 saturated carbocycles. The molecule has 1 aromatic carbocycles. The van der Waals surface area contributed by atoms with E-state index in [0.717, 1.165) is 24.0 Å². The highest BCUT2D eigenvalue weighted by atomic mass is 16.2. The van der Waals surface area contributed by atoms with Crippen LogP contribution in [0.5, 0.6) is 0 Å². The van der Waals surface area contributed by atoms with Gasteiger partial charge in [-0.1, -0.05) is 24.3 Å². The highest BCUT2D eigenvalue weighted by Gasteiger charge is 2.32. The van der Waals surface area contributed by atoms with Gasteiger partial charge in [0.05, 0.1) is 0 Å². The maximum absolute atomic E-state index is 11.7. The lowest BCUT2D eigenvalue weighted by Crippen LogP contribution is -2.46. The van der Waals surface area contributed by atoms with E-state index in [4.69, 9.17) is 5.73 Å².